The molecule has 0 saturated carbocycles. The molecule has 116 valence electrons. The van der Waals surface area contributed by atoms with Crippen molar-refractivity contribution in [3.8, 4) is 0 Å². The largest absolute Gasteiger partial charge is 0.343 e. The van der Waals surface area contributed by atoms with E-state index < -0.39 is 0 Å². The van der Waals surface area contributed by atoms with E-state index in [1.807, 2.05) is 23.1 Å². The zero-order chi connectivity index (χ0) is 15.6. The summed E-state index contributed by atoms with van der Waals surface area (Å²) >= 11 is 0. The monoisotopic (exact) mass is 309 g/mol. The van der Waals surface area contributed by atoms with Crippen LogP contribution in [-0.2, 0) is 0 Å². The molecule has 0 spiro atoms. The predicted octanol–water partition coefficient (Wildman–Crippen LogP) is 1.82. The molecular formula is C16H15N5O2. The van der Waals surface area contributed by atoms with Crippen LogP contribution in [0.2, 0.25) is 0 Å². The highest BCUT2D eigenvalue weighted by atomic mass is 16.5. The molecule has 7 nitrogen and oxygen atoms in total. The topological polar surface area (TPSA) is 87.9 Å². The lowest BCUT2D eigenvalue weighted by molar-refractivity contribution is 0.0783. The lowest BCUT2D eigenvalue weighted by Crippen LogP contribution is -2.29. The van der Waals surface area contributed by atoms with Gasteiger partial charge in [-0.05, 0) is 11.6 Å². The molecule has 3 aromatic rings. The van der Waals surface area contributed by atoms with Gasteiger partial charge in [-0.2, -0.15) is 10.1 Å². The summed E-state index contributed by atoms with van der Waals surface area (Å²) in [7, 11) is 0. The summed E-state index contributed by atoms with van der Waals surface area (Å²) in [6, 6.07) is 11.8. The van der Waals surface area contributed by atoms with E-state index in [1.54, 1.807) is 12.3 Å². The lowest BCUT2D eigenvalue weighted by atomic mass is 9.88. The number of likely N-dealkylation sites (tertiary alicyclic amines) is 1. The lowest BCUT2D eigenvalue weighted by Gasteiger charge is -2.15. The van der Waals surface area contributed by atoms with Gasteiger partial charge in [-0.25, -0.2) is 0 Å². The van der Waals surface area contributed by atoms with Gasteiger partial charge in [0, 0.05) is 31.1 Å². The quantitative estimate of drug-likeness (QED) is 0.797. The van der Waals surface area contributed by atoms with Crippen molar-refractivity contribution >= 4 is 5.91 Å². The molecule has 0 unspecified atom stereocenters. The smallest absolute Gasteiger partial charge is 0.271 e. The van der Waals surface area contributed by atoms with Gasteiger partial charge in [0.05, 0.1) is 0 Å². The van der Waals surface area contributed by atoms with Gasteiger partial charge >= 0.3 is 0 Å². The Morgan fingerprint density at radius 1 is 1.17 bits per heavy atom. The van der Waals surface area contributed by atoms with Crippen molar-refractivity contribution in [2.24, 2.45) is 0 Å². The van der Waals surface area contributed by atoms with E-state index in [9.17, 15) is 4.79 Å². The van der Waals surface area contributed by atoms with Gasteiger partial charge in [0.2, 0.25) is 6.39 Å². The van der Waals surface area contributed by atoms with Crippen molar-refractivity contribution in [1.29, 1.82) is 0 Å². The molecule has 1 fully saturated rings. The molecule has 0 radical (unpaired) electrons. The fraction of sp³-hybridized carbons (Fsp3) is 0.250. The van der Waals surface area contributed by atoms with Crippen LogP contribution < -0.4 is 0 Å². The minimum absolute atomic E-state index is 0.0167. The van der Waals surface area contributed by atoms with Crippen molar-refractivity contribution in [3.05, 3.63) is 66.1 Å². The van der Waals surface area contributed by atoms with Crippen LogP contribution in [0, 0.1) is 0 Å². The van der Waals surface area contributed by atoms with Gasteiger partial charge in [-0.15, -0.1) is 0 Å². The first kappa shape index (κ1) is 13.7. The van der Waals surface area contributed by atoms with Gasteiger partial charge in [0.25, 0.3) is 5.91 Å². The van der Waals surface area contributed by atoms with Gasteiger partial charge in [0.15, 0.2) is 5.82 Å². The zero-order valence-corrected chi connectivity index (χ0v) is 12.3. The Hall–Kier alpha value is -2.96. The number of carbonyl (C=O) groups excluding carboxylic acids is 1. The molecule has 23 heavy (non-hydrogen) atoms. The third kappa shape index (κ3) is 2.50. The minimum Gasteiger partial charge on any atom is -0.343 e. The van der Waals surface area contributed by atoms with Crippen LogP contribution in [0.25, 0.3) is 0 Å². The van der Waals surface area contributed by atoms with Crippen molar-refractivity contribution in [1.82, 2.24) is 25.2 Å². The van der Waals surface area contributed by atoms with Crippen molar-refractivity contribution < 1.29 is 9.32 Å². The van der Waals surface area contributed by atoms with E-state index in [4.69, 9.17) is 4.52 Å². The first-order valence-electron chi connectivity index (χ1n) is 7.43. The molecular weight excluding hydrogens is 294 g/mol. The predicted molar refractivity (Wildman–Crippen MR) is 80.7 cm³/mol. The van der Waals surface area contributed by atoms with Crippen LogP contribution in [0.3, 0.4) is 0 Å². The van der Waals surface area contributed by atoms with E-state index in [2.05, 4.69) is 32.5 Å². The highest BCUT2D eigenvalue weighted by Crippen LogP contribution is 2.38. The summed E-state index contributed by atoms with van der Waals surface area (Å²) in [5, 5.41) is 10.6. The molecule has 1 N–H and O–H groups in total. The number of hydrogen-bond donors (Lipinski definition) is 1. The molecule has 1 aliphatic rings. The number of hydrogen-bond acceptors (Lipinski definition) is 5. The molecule has 2 aromatic heterocycles. The summed E-state index contributed by atoms with van der Waals surface area (Å²) in [5.41, 5.74) is 1.66. The normalized spacial score (nSPS) is 20.8. The summed E-state index contributed by atoms with van der Waals surface area (Å²) in [6.45, 7) is 1.16. The molecule has 7 heteroatoms. The summed E-state index contributed by atoms with van der Waals surface area (Å²) in [6.07, 6.45) is 2.91. The van der Waals surface area contributed by atoms with Gasteiger partial charge in [0.1, 0.15) is 5.69 Å². The molecule has 1 amide bonds. The summed E-state index contributed by atoms with van der Waals surface area (Å²) < 4.78 is 4.90. The molecule has 2 atom stereocenters. The first-order valence-corrected chi connectivity index (χ1v) is 7.43. The van der Waals surface area contributed by atoms with Crippen LogP contribution in [0.1, 0.15) is 33.7 Å². The Morgan fingerprint density at radius 3 is 2.70 bits per heavy atom. The number of nitrogens with zero attached hydrogens (tertiary/aromatic N) is 4. The van der Waals surface area contributed by atoms with Crippen LogP contribution >= 0.6 is 0 Å². The fourth-order valence-electron chi connectivity index (χ4n) is 3.16. The maximum atomic E-state index is 12.6. The maximum Gasteiger partial charge on any atom is 0.271 e. The number of carbonyl (C=O) groups is 1. The van der Waals surface area contributed by atoms with Gasteiger partial charge in [-0.1, -0.05) is 35.5 Å². The van der Waals surface area contributed by atoms with Crippen molar-refractivity contribution in [3.63, 3.8) is 0 Å². The maximum absolute atomic E-state index is 12.6. The SMILES string of the molecule is O=C(c1ccn[nH]1)N1C[C@H](c2ncon2)[C@H](c2ccccc2)C1. The average molecular weight is 309 g/mol. The zero-order valence-electron chi connectivity index (χ0n) is 12.3. The van der Waals surface area contributed by atoms with E-state index in [0.29, 0.717) is 24.6 Å². The Balaban J connectivity index is 1.65. The fourth-order valence-corrected chi connectivity index (χ4v) is 3.16. The third-order valence-corrected chi connectivity index (χ3v) is 4.28. The molecule has 3 heterocycles. The Kier molecular flexibility index (Phi) is 3.38. The number of aromatic amines is 1. The van der Waals surface area contributed by atoms with Crippen LogP contribution in [0.5, 0.6) is 0 Å². The van der Waals surface area contributed by atoms with E-state index >= 15 is 0 Å². The van der Waals surface area contributed by atoms with Crippen LogP contribution in [0.4, 0.5) is 0 Å². The van der Waals surface area contributed by atoms with Crippen LogP contribution in [0.15, 0.2) is 53.5 Å². The number of benzene rings is 1. The van der Waals surface area contributed by atoms with Gasteiger partial charge in [-0.3, -0.25) is 9.89 Å². The summed E-state index contributed by atoms with van der Waals surface area (Å²) in [4.78, 5) is 18.6. The summed E-state index contributed by atoms with van der Waals surface area (Å²) in [5.74, 6) is 0.733. The average Bonchev–Trinajstić information content (AvgIpc) is 3.35. The molecule has 1 aromatic carbocycles. The van der Waals surface area contributed by atoms with E-state index in [1.165, 1.54) is 12.0 Å². The molecule has 1 saturated heterocycles. The molecule has 0 aliphatic carbocycles. The number of rotatable bonds is 3. The number of amides is 1. The second kappa shape index (κ2) is 5.68. The minimum atomic E-state index is -0.0607. The second-order valence-electron chi connectivity index (χ2n) is 5.59. The highest BCUT2D eigenvalue weighted by molar-refractivity contribution is 5.92. The highest BCUT2D eigenvalue weighted by Gasteiger charge is 2.39. The Bertz CT molecular complexity index is 770. The third-order valence-electron chi connectivity index (χ3n) is 4.28. The number of H-pyrrole nitrogens is 1. The Morgan fingerprint density at radius 2 is 2.00 bits per heavy atom. The van der Waals surface area contributed by atoms with Crippen LogP contribution in [-0.4, -0.2) is 44.2 Å². The van der Waals surface area contributed by atoms with Crippen molar-refractivity contribution in [2.75, 3.05) is 13.1 Å². The van der Waals surface area contributed by atoms with Gasteiger partial charge < -0.3 is 9.42 Å². The molecule has 4 rings (SSSR count). The molecule has 0 bridgehead atoms. The van der Waals surface area contributed by atoms with E-state index in [0.717, 1.165) is 0 Å². The standard InChI is InChI=1S/C16H15N5O2/c22-16(14-6-7-18-19-14)21-8-12(11-4-2-1-3-5-11)13(9-21)15-17-10-23-20-15/h1-7,10,12-13H,8-9H2,(H,18,19)/t12-,13-/m0/s1. The second-order valence-corrected chi connectivity index (χ2v) is 5.59. The Labute approximate surface area is 132 Å². The van der Waals surface area contributed by atoms with E-state index in [-0.39, 0.29) is 17.7 Å². The number of nitrogens with one attached hydrogen (secondary N) is 1. The first-order chi connectivity index (χ1) is 11.3. The number of aromatic nitrogens is 4. The van der Waals surface area contributed by atoms with Crippen molar-refractivity contribution in [2.45, 2.75) is 11.8 Å². The molecule has 1 aliphatic heterocycles.